The molecule has 1 aromatic heterocycles. The number of nitrogens with zero attached hydrogens (tertiary/aromatic N) is 2. The van der Waals surface area contributed by atoms with Gasteiger partial charge >= 0.3 is 0 Å². The highest BCUT2D eigenvalue weighted by Crippen LogP contribution is 2.35. The summed E-state index contributed by atoms with van der Waals surface area (Å²) in [4.78, 5) is 10.1. The minimum Gasteiger partial charge on any atom is -0.381 e. The molecule has 0 amide bonds. The smallest absolute Gasteiger partial charge is 0.0820 e. The van der Waals surface area contributed by atoms with Gasteiger partial charge in [0.1, 0.15) is 0 Å². The van der Waals surface area contributed by atoms with E-state index in [1.807, 2.05) is 12.3 Å². The van der Waals surface area contributed by atoms with E-state index in [-0.39, 0.29) is 0 Å². The minimum atomic E-state index is 0.397. The lowest BCUT2D eigenvalue weighted by atomic mass is 9.93. The summed E-state index contributed by atoms with van der Waals surface area (Å²) in [5.74, 6) is 0.795. The van der Waals surface area contributed by atoms with Crippen molar-refractivity contribution >= 4 is 28.4 Å². The minimum absolute atomic E-state index is 0.397. The van der Waals surface area contributed by atoms with Gasteiger partial charge in [-0.05, 0) is 70.0 Å². The Morgan fingerprint density at radius 1 is 0.744 bits per heavy atom. The Kier molecular flexibility index (Phi) is 7.88. The van der Waals surface area contributed by atoms with Crippen LogP contribution in [0.1, 0.15) is 67.5 Å². The highest BCUT2D eigenvalue weighted by atomic mass is 14.9. The van der Waals surface area contributed by atoms with Crippen LogP contribution in [-0.2, 0) is 6.54 Å². The van der Waals surface area contributed by atoms with Gasteiger partial charge in [0, 0.05) is 17.8 Å². The van der Waals surface area contributed by atoms with Crippen molar-refractivity contribution in [1.29, 1.82) is 0 Å². The van der Waals surface area contributed by atoms with Crippen LogP contribution >= 0.6 is 0 Å². The molecule has 0 aliphatic carbocycles. The first-order valence-electron chi connectivity index (χ1n) is 13.9. The average molecular weight is 512 g/mol. The van der Waals surface area contributed by atoms with Gasteiger partial charge in [-0.15, -0.1) is 0 Å². The third kappa shape index (κ3) is 5.78. The maximum atomic E-state index is 5.11. The first kappa shape index (κ1) is 26.4. The van der Waals surface area contributed by atoms with Gasteiger partial charge in [0.05, 0.1) is 23.3 Å². The van der Waals surface area contributed by atoms with Crippen LogP contribution in [0.15, 0.2) is 102 Å². The van der Waals surface area contributed by atoms with E-state index in [0.29, 0.717) is 18.4 Å². The normalized spacial score (nSPS) is 11.7. The number of fused-ring (bicyclic) bond motifs is 1. The van der Waals surface area contributed by atoms with E-state index in [2.05, 4.69) is 131 Å². The monoisotopic (exact) mass is 511 g/mol. The maximum absolute atomic E-state index is 5.11. The maximum Gasteiger partial charge on any atom is 0.0820 e. The van der Waals surface area contributed by atoms with Gasteiger partial charge < -0.3 is 5.32 Å². The first-order chi connectivity index (χ1) is 18.9. The summed E-state index contributed by atoms with van der Waals surface area (Å²) in [5.41, 5.74) is 10.2. The number of hydrogen-bond donors (Lipinski definition) is 1. The Morgan fingerprint density at radius 2 is 1.44 bits per heavy atom. The second-order valence-corrected chi connectivity index (χ2v) is 10.8. The lowest BCUT2D eigenvalue weighted by molar-refractivity contribution is 0.835. The van der Waals surface area contributed by atoms with Crippen molar-refractivity contribution < 1.29 is 0 Å². The zero-order chi connectivity index (χ0) is 27.4. The number of pyridine rings is 1. The fourth-order valence-electron chi connectivity index (χ4n) is 5.18. The molecule has 0 radical (unpaired) electrons. The van der Waals surface area contributed by atoms with Crippen molar-refractivity contribution in [3.63, 3.8) is 0 Å². The molecule has 196 valence electrons. The lowest BCUT2D eigenvalue weighted by Crippen LogP contribution is -2.04. The van der Waals surface area contributed by atoms with E-state index < -0.39 is 0 Å². The Morgan fingerprint density at radius 3 is 2.18 bits per heavy atom. The molecule has 5 aromatic rings. The van der Waals surface area contributed by atoms with Gasteiger partial charge in [0.2, 0.25) is 0 Å². The van der Waals surface area contributed by atoms with E-state index in [0.717, 1.165) is 28.3 Å². The van der Waals surface area contributed by atoms with Crippen molar-refractivity contribution in [2.45, 2.75) is 53.0 Å². The number of benzene rings is 4. The molecule has 3 heteroatoms. The average Bonchev–Trinajstić information content (AvgIpc) is 2.95. The number of hydrogen-bond acceptors (Lipinski definition) is 3. The van der Waals surface area contributed by atoms with Gasteiger partial charge in [-0.3, -0.25) is 4.99 Å². The summed E-state index contributed by atoms with van der Waals surface area (Å²) in [5, 5.41) is 6.06. The van der Waals surface area contributed by atoms with Crippen LogP contribution in [0.3, 0.4) is 0 Å². The summed E-state index contributed by atoms with van der Waals surface area (Å²) >= 11 is 0. The van der Waals surface area contributed by atoms with Crippen molar-refractivity contribution in [3.05, 3.63) is 125 Å². The van der Waals surface area contributed by atoms with Crippen LogP contribution < -0.4 is 5.32 Å². The fraction of sp³-hybridized carbons (Fsp3) is 0.222. The van der Waals surface area contributed by atoms with E-state index in [4.69, 9.17) is 9.98 Å². The molecule has 1 N–H and O–H groups in total. The number of aromatic nitrogens is 1. The molecular weight excluding hydrogens is 474 g/mol. The van der Waals surface area contributed by atoms with E-state index in [1.165, 1.54) is 33.0 Å². The first-order valence-corrected chi connectivity index (χ1v) is 13.9. The highest BCUT2D eigenvalue weighted by Gasteiger charge is 2.14. The predicted octanol–water partition coefficient (Wildman–Crippen LogP) is 9.82. The molecule has 3 nitrogen and oxygen atoms in total. The number of aliphatic imine (C=N–C) groups is 1. The summed E-state index contributed by atoms with van der Waals surface area (Å²) in [6.07, 6.45) is 1.92. The highest BCUT2D eigenvalue weighted by molar-refractivity contribution is 5.98. The standard InChI is InChI=1S/C36H37N3/c1-24(2)30-16-11-17-31(25(3)4)36(30)38-23-29-14-10-19-34(39-29)35-28(21-20-27-13-7-8-15-32(27)35)22-37-33-18-9-6-12-26(33)5/h6-21,23-25,37H,22H2,1-5H3. The predicted molar refractivity (Wildman–Crippen MR) is 168 cm³/mol. The largest absolute Gasteiger partial charge is 0.381 e. The third-order valence-corrected chi connectivity index (χ3v) is 7.32. The molecule has 0 unspecified atom stereocenters. The number of anilines is 1. The van der Waals surface area contributed by atoms with Crippen LogP contribution in [0, 0.1) is 6.92 Å². The Labute approximate surface area is 232 Å². The Hall–Kier alpha value is -4.24. The molecule has 1 heterocycles. The summed E-state index contributed by atoms with van der Waals surface area (Å²) < 4.78 is 0. The molecule has 4 aromatic carbocycles. The molecule has 0 spiro atoms. The van der Waals surface area contributed by atoms with Crippen LogP contribution in [0.5, 0.6) is 0 Å². The molecule has 0 atom stereocenters. The van der Waals surface area contributed by atoms with Gasteiger partial charge in [-0.25, -0.2) is 4.98 Å². The number of aryl methyl sites for hydroxylation is 1. The van der Waals surface area contributed by atoms with Crippen LogP contribution in [-0.4, -0.2) is 11.2 Å². The van der Waals surface area contributed by atoms with Gasteiger partial charge in [0.15, 0.2) is 0 Å². The lowest BCUT2D eigenvalue weighted by Gasteiger charge is -2.16. The third-order valence-electron chi connectivity index (χ3n) is 7.32. The molecule has 0 saturated carbocycles. The van der Waals surface area contributed by atoms with Crippen molar-refractivity contribution in [2.75, 3.05) is 5.32 Å². The number of rotatable bonds is 8. The van der Waals surface area contributed by atoms with E-state index in [9.17, 15) is 0 Å². The molecule has 0 aliphatic rings. The van der Waals surface area contributed by atoms with E-state index >= 15 is 0 Å². The summed E-state index contributed by atoms with van der Waals surface area (Å²) in [7, 11) is 0. The van der Waals surface area contributed by atoms with Crippen molar-refractivity contribution in [2.24, 2.45) is 4.99 Å². The SMILES string of the molecule is Cc1ccccc1NCc1ccc2ccccc2c1-c1cccc(C=Nc2c(C(C)C)cccc2C(C)C)n1. The molecule has 0 bridgehead atoms. The zero-order valence-corrected chi connectivity index (χ0v) is 23.6. The molecule has 0 saturated heterocycles. The molecule has 39 heavy (non-hydrogen) atoms. The van der Waals surface area contributed by atoms with E-state index in [1.54, 1.807) is 0 Å². The fourth-order valence-corrected chi connectivity index (χ4v) is 5.18. The second-order valence-electron chi connectivity index (χ2n) is 10.8. The number of para-hydroxylation sites is 2. The van der Waals surface area contributed by atoms with Gasteiger partial charge in [-0.1, -0.05) is 107 Å². The molecule has 0 fully saturated rings. The van der Waals surface area contributed by atoms with Crippen LogP contribution in [0.25, 0.3) is 22.0 Å². The van der Waals surface area contributed by atoms with Gasteiger partial charge in [-0.2, -0.15) is 0 Å². The summed E-state index contributed by atoms with van der Waals surface area (Å²) in [6.45, 7) is 11.8. The zero-order valence-electron chi connectivity index (χ0n) is 23.6. The molecule has 5 rings (SSSR count). The summed E-state index contributed by atoms with van der Waals surface area (Å²) in [6, 6.07) is 34.1. The Bertz CT molecular complexity index is 1600. The Balaban J connectivity index is 1.56. The molecule has 0 aliphatic heterocycles. The van der Waals surface area contributed by atoms with Crippen LogP contribution in [0.4, 0.5) is 11.4 Å². The number of nitrogens with one attached hydrogen (secondary N) is 1. The quantitative estimate of drug-likeness (QED) is 0.210. The molecular formula is C36H37N3. The van der Waals surface area contributed by atoms with Crippen molar-refractivity contribution in [1.82, 2.24) is 4.98 Å². The van der Waals surface area contributed by atoms with Gasteiger partial charge in [0.25, 0.3) is 0 Å². The second kappa shape index (κ2) is 11.7. The topological polar surface area (TPSA) is 37.3 Å². The van der Waals surface area contributed by atoms with Crippen molar-refractivity contribution in [3.8, 4) is 11.3 Å². The van der Waals surface area contributed by atoms with Crippen LogP contribution in [0.2, 0.25) is 0 Å².